The Balaban J connectivity index is 1.60. The van der Waals surface area contributed by atoms with Gasteiger partial charge in [0.15, 0.2) is 0 Å². The molecule has 2 aromatic heterocycles. The average Bonchev–Trinajstić information content (AvgIpc) is 3.09. The van der Waals surface area contributed by atoms with Crippen LogP contribution in [0.1, 0.15) is 47.5 Å². The van der Waals surface area contributed by atoms with Gasteiger partial charge in [0, 0.05) is 42.9 Å². The molecule has 3 rings (SSSR count). The topological polar surface area (TPSA) is 84.7 Å². The lowest BCUT2D eigenvalue weighted by molar-refractivity contribution is 0.102. The van der Waals surface area contributed by atoms with Gasteiger partial charge in [-0.15, -0.1) is 5.10 Å². The lowest BCUT2D eigenvalue weighted by Gasteiger charge is -2.19. The summed E-state index contributed by atoms with van der Waals surface area (Å²) in [6, 6.07) is 11.4. The molecule has 0 saturated heterocycles. The summed E-state index contributed by atoms with van der Waals surface area (Å²) in [5, 5.41) is 14.5. The fourth-order valence-electron chi connectivity index (χ4n) is 2.68. The summed E-state index contributed by atoms with van der Waals surface area (Å²) in [5.74, 6) is -0.150. The van der Waals surface area contributed by atoms with E-state index in [1.165, 1.54) is 0 Å². The number of anilines is 1. The maximum atomic E-state index is 12.2. The largest absolute Gasteiger partial charge is 0.322 e. The molecule has 3 aromatic rings. The Bertz CT molecular complexity index is 859. The molecule has 26 heavy (non-hydrogen) atoms. The maximum absolute atomic E-state index is 12.2. The fraction of sp³-hybridized carbons (Fsp3) is 0.263. The van der Waals surface area contributed by atoms with Gasteiger partial charge in [0.2, 0.25) is 0 Å². The van der Waals surface area contributed by atoms with Crippen LogP contribution < -0.4 is 10.6 Å². The predicted molar refractivity (Wildman–Crippen MR) is 99.6 cm³/mol. The highest BCUT2D eigenvalue weighted by atomic mass is 16.1. The third-order valence-corrected chi connectivity index (χ3v) is 4.18. The molecule has 2 atom stereocenters. The molecule has 0 aliphatic carbocycles. The lowest BCUT2D eigenvalue weighted by Crippen LogP contribution is -2.22. The van der Waals surface area contributed by atoms with Crippen molar-refractivity contribution in [3.8, 4) is 0 Å². The first kappa shape index (κ1) is 17.8. The molecule has 7 heteroatoms. The summed E-state index contributed by atoms with van der Waals surface area (Å²) >= 11 is 0. The Kier molecular flexibility index (Phi) is 5.38. The van der Waals surface area contributed by atoms with Gasteiger partial charge < -0.3 is 10.6 Å². The van der Waals surface area contributed by atoms with E-state index in [1.807, 2.05) is 37.5 Å². The van der Waals surface area contributed by atoms with Crippen molar-refractivity contribution in [2.75, 3.05) is 5.32 Å². The zero-order valence-electron chi connectivity index (χ0n) is 15.0. The molecular formula is C19H22N6O. The number of nitrogens with one attached hydrogen (secondary N) is 2. The monoisotopic (exact) mass is 350 g/mol. The van der Waals surface area contributed by atoms with Crippen LogP contribution in [0.3, 0.4) is 0 Å². The quantitative estimate of drug-likeness (QED) is 0.714. The highest BCUT2D eigenvalue weighted by Gasteiger charge is 2.14. The van der Waals surface area contributed by atoms with Gasteiger partial charge in [-0.25, -0.2) is 0 Å². The third-order valence-electron chi connectivity index (χ3n) is 4.18. The second-order valence-electron chi connectivity index (χ2n) is 6.24. The van der Waals surface area contributed by atoms with E-state index >= 15 is 0 Å². The van der Waals surface area contributed by atoms with Crippen molar-refractivity contribution < 1.29 is 4.79 Å². The summed E-state index contributed by atoms with van der Waals surface area (Å²) < 4.78 is 1.69. The molecule has 0 aliphatic heterocycles. The van der Waals surface area contributed by atoms with Crippen molar-refractivity contribution in [1.82, 2.24) is 25.3 Å². The predicted octanol–water partition coefficient (Wildman–Crippen LogP) is 2.87. The molecule has 0 fully saturated rings. The van der Waals surface area contributed by atoms with Crippen LogP contribution in [-0.4, -0.2) is 25.9 Å². The molecule has 134 valence electrons. The molecular weight excluding hydrogens is 328 g/mol. The zero-order valence-corrected chi connectivity index (χ0v) is 15.0. The molecule has 7 nitrogen and oxygen atoms in total. The van der Waals surface area contributed by atoms with E-state index in [0.29, 0.717) is 5.56 Å². The maximum Gasteiger partial charge on any atom is 0.255 e. The minimum atomic E-state index is -0.150. The number of carbonyl (C=O) groups excluding carboxylic acids is 1. The molecule has 2 heterocycles. The van der Waals surface area contributed by atoms with Gasteiger partial charge in [-0.2, -0.15) is 0 Å². The summed E-state index contributed by atoms with van der Waals surface area (Å²) in [7, 11) is 1.85. The van der Waals surface area contributed by atoms with E-state index in [4.69, 9.17) is 0 Å². The standard InChI is InChI=1S/C19H22N6O/c1-13(21-14(2)18-12-25(3)24-23-18)15-4-6-17(7-5-15)22-19(26)16-8-10-20-11-9-16/h4-14,21H,1-3H3,(H,22,26). The van der Waals surface area contributed by atoms with E-state index in [-0.39, 0.29) is 18.0 Å². The number of rotatable bonds is 6. The first-order chi connectivity index (χ1) is 12.5. The second kappa shape index (κ2) is 7.88. The van der Waals surface area contributed by atoms with Crippen molar-refractivity contribution >= 4 is 11.6 Å². The highest BCUT2D eigenvalue weighted by molar-refractivity contribution is 6.04. The SMILES string of the molecule is CC(NC(C)c1cn(C)nn1)c1ccc(NC(=O)c2ccncc2)cc1. The molecule has 0 spiro atoms. The van der Waals surface area contributed by atoms with E-state index in [0.717, 1.165) is 16.9 Å². The molecule has 1 aromatic carbocycles. The van der Waals surface area contributed by atoms with Crippen LogP contribution in [0.15, 0.2) is 55.0 Å². The minimum Gasteiger partial charge on any atom is -0.322 e. The Morgan fingerprint density at radius 1 is 1.04 bits per heavy atom. The van der Waals surface area contributed by atoms with Crippen molar-refractivity contribution in [3.05, 3.63) is 71.8 Å². The number of amides is 1. The molecule has 0 saturated carbocycles. The smallest absolute Gasteiger partial charge is 0.255 e. The van der Waals surface area contributed by atoms with Crippen LogP contribution in [-0.2, 0) is 7.05 Å². The lowest BCUT2D eigenvalue weighted by atomic mass is 10.1. The van der Waals surface area contributed by atoms with Gasteiger partial charge in [-0.3, -0.25) is 14.5 Å². The van der Waals surface area contributed by atoms with Crippen LogP contribution in [0.2, 0.25) is 0 Å². The van der Waals surface area contributed by atoms with Crippen molar-refractivity contribution in [2.45, 2.75) is 25.9 Å². The number of carbonyl (C=O) groups is 1. The van der Waals surface area contributed by atoms with Crippen LogP contribution in [0.5, 0.6) is 0 Å². The number of hydrogen-bond donors (Lipinski definition) is 2. The van der Waals surface area contributed by atoms with Crippen molar-refractivity contribution in [2.24, 2.45) is 7.05 Å². The van der Waals surface area contributed by atoms with Crippen LogP contribution >= 0.6 is 0 Å². The number of aryl methyl sites for hydroxylation is 1. The Hall–Kier alpha value is -3.06. The summed E-state index contributed by atoms with van der Waals surface area (Å²) in [5.41, 5.74) is 3.37. The molecule has 2 unspecified atom stereocenters. The number of nitrogens with zero attached hydrogens (tertiary/aromatic N) is 4. The normalized spacial score (nSPS) is 13.2. The summed E-state index contributed by atoms with van der Waals surface area (Å²) in [4.78, 5) is 16.1. The highest BCUT2D eigenvalue weighted by Crippen LogP contribution is 2.20. The number of pyridine rings is 1. The minimum absolute atomic E-state index is 0.0877. The molecule has 0 aliphatic rings. The number of hydrogen-bond acceptors (Lipinski definition) is 5. The Labute approximate surface area is 152 Å². The summed E-state index contributed by atoms with van der Waals surface area (Å²) in [6.45, 7) is 4.15. The number of aromatic nitrogens is 4. The number of benzene rings is 1. The van der Waals surface area contributed by atoms with E-state index in [1.54, 1.807) is 29.2 Å². The van der Waals surface area contributed by atoms with Crippen LogP contribution in [0.4, 0.5) is 5.69 Å². The van der Waals surface area contributed by atoms with E-state index in [9.17, 15) is 4.79 Å². The summed E-state index contributed by atoms with van der Waals surface area (Å²) in [6.07, 6.45) is 5.11. The molecule has 1 amide bonds. The first-order valence-corrected chi connectivity index (χ1v) is 8.46. The zero-order chi connectivity index (χ0) is 18.5. The van der Waals surface area contributed by atoms with Gasteiger partial charge in [-0.05, 0) is 43.7 Å². The van der Waals surface area contributed by atoms with Gasteiger partial charge in [0.1, 0.15) is 0 Å². The van der Waals surface area contributed by atoms with Gasteiger partial charge in [-0.1, -0.05) is 17.3 Å². The third kappa shape index (κ3) is 4.31. The Morgan fingerprint density at radius 3 is 2.35 bits per heavy atom. The van der Waals surface area contributed by atoms with Crippen LogP contribution in [0.25, 0.3) is 0 Å². The second-order valence-corrected chi connectivity index (χ2v) is 6.24. The van der Waals surface area contributed by atoms with E-state index < -0.39 is 0 Å². The van der Waals surface area contributed by atoms with Crippen LogP contribution in [0, 0.1) is 0 Å². The Morgan fingerprint density at radius 2 is 1.73 bits per heavy atom. The molecule has 2 N–H and O–H groups in total. The average molecular weight is 350 g/mol. The van der Waals surface area contributed by atoms with Gasteiger partial charge in [0.25, 0.3) is 5.91 Å². The fourth-order valence-corrected chi connectivity index (χ4v) is 2.68. The molecule has 0 radical (unpaired) electrons. The first-order valence-electron chi connectivity index (χ1n) is 8.46. The van der Waals surface area contributed by atoms with Crippen molar-refractivity contribution in [3.63, 3.8) is 0 Å². The van der Waals surface area contributed by atoms with Gasteiger partial charge in [0.05, 0.1) is 11.7 Å². The molecule has 0 bridgehead atoms. The van der Waals surface area contributed by atoms with Crippen molar-refractivity contribution in [1.29, 1.82) is 0 Å². The van der Waals surface area contributed by atoms with E-state index in [2.05, 4.69) is 39.8 Å². The van der Waals surface area contributed by atoms with Gasteiger partial charge >= 0.3 is 0 Å².